The monoisotopic (exact) mass is 447 g/mol. The van der Waals surface area contributed by atoms with E-state index in [9.17, 15) is 4.39 Å². The highest BCUT2D eigenvalue weighted by molar-refractivity contribution is 5.64. The predicted octanol–water partition coefficient (Wildman–Crippen LogP) is 3.30. The lowest BCUT2D eigenvalue weighted by atomic mass is 9.95. The number of aryl methyl sites for hydroxylation is 1. The van der Waals surface area contributed by atoms with Crippen LogP contribution in [0.15, 0.2) is 30.7 Å². The standard InChI is InChI=1S/C25H30FN7/c1-5-20-23(27)28-16-29-25(20)32-10-8-18(9-11-32)24-30-22(15-33(24)13-12-31(3)4)19-6-7-21(26)17(2)14-19/h1,6-7,14-16,18H,8-13H2,2-4H3,(H2,27,28,29). The number of benzene rings is 1. The largest absolute Gasteiger partial charge is 0.382 e. The van der Waals surface area contributed by atoms with Crippen LogP contribution in [0.1, 0.15) is 35.7 Å². The summed E-state index contributed by atoms with van der Waals surface area (Å²) in [6, 6.07) is 5.17. The summed E-state index contributed by atoms with van der Waals surface area (Å²) in [5.74, 6) is 4.88. The van der Waals surface area contributed by atoms with Gasteiger partial charge >= 0.3 is 0 Å². The van der Waals surface area contributed by atoms with Crippen LogP contribution in [0.3, 0.4) is 0 Å². The molecule has 0 saturated carbocycles. The molecule has 3 heterocycles. The third-order valence-corrected chi connectivity index (χ3v) is 6.21. The van der Waals surface area contributed by atoms with Gasteiger partial charge in [-0.25, -0.2) is 19.3 Å². The fourth-order valence-electron chi connectivity index (χ4n) is 4.30. The smallest absolute Gasteiger partial charge is 0.149 e. The van der Waals surface area contributed by atoms with Gasteiger partial charge < -0.3 is 20.1 Å². The third kappa shape index (κ3) is 4.83. The van der Waals surface area contributed by atoms with Crippen LogP contribution in [0, 0.1) is 25.1 Å². The van der Waals surface area contributed by atoms with E-state index in [1.54, 1.807) is 13.0 Å². The quantitative estimate of drug-likeness (QED) is 0.585. The second-order valence-corrected chi connectivity index (χ2v) is 8.81. The molecule has 1 saturated heterocycles. The first-order valence-electron chi connectivity index (χ1n) is 11.2. The number of nitrogens with two attached hydrogens (primary N) is 1. The van der Waals surface area contributed by atoms with Gasteiger partial charge in [-0.05, 0) is 57.6 Å². The molecule has 0 aliphatic carbocycles. The number of likely N-dealkylation sites (N-methyl/N-ethyl adjacent to an activating group) is 1. The highest BCUT2D eigenvalue weighted by Gasteiger charge is 2.27. The zero-order chi connectivity index (χ0) is 23.5. The second kappa shape index (κ2) is 9.59. The van der Waals surface area contributed by atoms with Crippen LogP contribution < -0.4 is 10.6 Å². The minimum Gasteiger partial charge on any atom is -0.382 e. The summed E-state index contributed by atoms with van der Waals surface area (Å²) in [6.07, 6.45) is 11.1. The van der Waals surface area contributed by atoms with Gasteiger partial charge in [-0.15, -0.1) is 6.42 Å². The maximum Gasteiger partial charge on any atom is 0.149 e. The molecule has 172 valence electrons. The van der Waals surface area contributed by atoms with Crippen LogP contribution in [0.25, 0.3) is 11.3 Å². The lowest BCUT2D eigenvalue weighted by molar-refractivity contribution is 0.372. The van der Waals surface area contributed by atoms with Crippen molar-refractivity contribution < 1.29 is 4.39 Å². The second-order valence-electron chi connectivity index (χ2n) is 8.81. The third-order valence-electron chi connectivity index (χ3n) is 6.21. The lowest BCUT2D eigenvalue weighted by Crippen LogP contribution is -2.35. The van der Waals surface area contributed by atoms with Crippen molar-refractivity contribution in [3.8, 4) is 23.6 Å². The molecule has 1 aliphatic heterocycles. The SMILES string of the molecule is C#Cc1c(N)ncnc1N1CCC(c2nc(-c3ccc(F)c(C)c3)cn2CCN(C)C)CC1. The van der Waals surface area contributed by atoms with Gasteiger partial charge in [0, 0.05) is 43.9 Å². The molecule has 1 fully saturated rings. The van der Waals surface area contributed by atoms with Crippen LogP contribution in [-0.4, -0.2) is 58.1 Å². The molecule has 1 aromatic carbocycles. The van der Waals surface area contributed by atoms with Crippen molar-refractivity contribution in [1.82, 2.24) is 24.4 Å². The topological polar surface area (TPSA) is 76.1 Å². The maximum absolute atomic E-state index is 13.8. The number of piperidine rings is 1. The van der Waals surface area contributed by atoms with Crippen molar-refractivity contribution >= 4 is 11.6 Å². The molecular weight excluding hydrogens is 417 g/mol. The fraction of sp³-hybridized carbons (Fsp3) is 0.400. The van der Waals surface area contributed by atoms with Gasteiger partial charge in [0.1, 0.15) is 35.2 Å². The Morgan fingerprint density at radius 1 is 1.24 bits per heavy atom. The Labute approximate surface area is 194 Å². The summed E-state index contributed by atoms with van der Waals surface area (Å²) in [4.78, 5) is 17.8. The summed E-state index contributed by atoms with van der Waals surface area (Å²) in [6.45, 7) is 5.15. The maximum atomic E-state index is 13.8. The number of halogens is 1. The molecule has 7 nitrogen and oxygen atoms in total. The normalized spacial score (nSPS) is 14.6. The number of nitrogen functional groups attached to an aromatic ring is 1. The minimum absolute atomic E-state index is 0.199. The van der Waals surface area contributed by atoms with E-state index in [1.165, 1.54) is 12.4 Å². The van der Waals surface area contributed by atoms with Gasteiger partial charge in [0.2, 0.25) is 0 Å². The van der Waals surface area contributed by atoms with Gasteiger partial charge in [-0.3, -0.25) is 0 Å². The fourth-order valence-corrected chi connectivity index (χ4v) is 4.30. The first kappa shape index (κ1) is 22.7. The van der Waals surface area contributed by atoms with E-state index in [2.05, 4.69) is 50.5 Å². The highest BCUT2D eigenvalue weighted by atomic mass is 19.1. The number of imidazole rings is 1. The van der Waals surface area contributed by atoms with Gasteiger partial charge in [0.25, 0.3) is 0 Å². The number of aromatic nitrogens is 4. The Hall–Kier alpha value is -3.44. The van der Waals surface area contributed by atoms with Crippen LogP contribution >= 0.6 is 0 Å². The van der Waals surface area contributed by atoms with Crippen molar-refractivity contribution in [1.29, 1.82) is 0 Å². The molecule has 1 aliphatic rings. The molecule has 8 heteroatoms. The van der Waals surface area contributed by atoms with Crippen LogP contribution in [0.5, 0.6) is 0 Å². The summed E-state index contributed by atoms with van der Waals surface area (Å²) < 4.78 is 16.0. The summed E-state index contributed by atoms with van der Waals surface area (Å²) in [7, 11) is 4.13. The van der Waals surface area contributed by atoms with Crippen molar-refractivity contribution in [3.63, 3.8) is 0 Å². The molecule has 3 aromatic rings. The van der Waals surface area contributed by atoms with E-state index >= 15 is 0 Å². The van der Waals surface area contributed by atoms with Gasteiger partial charge in [-0.1, -0.05) is 5.92 Å². The van der Waals surface area contributed by atoms with E-state index in [0.29, 0.717) is 22.9 Å². The first-order chi connectivity index (χ1) is 15.9. The zero-order valence-corrected chi connectivity index (χ0v) is 19.4. The number of hydrogen-bond donors (Lipinski definition) is 1. The molecule has 2 N–H and O–H groups in total. The molecule has 4 rings (SSSR count). The first-order valence-corrected chi connectivity index (χ1v) is 11.2. The minimum atomic E-state index is -0.199. The Morgan fingerprint density at radius 2 is 2.00 bits per heavy atom. The summed E-state index contributed by atoms with van der Waals surface area (Å²) >= 11 is 0. The molecule has 0 amide bonds. The zero-order valence-electron chi connectivity index (χ0n) is 19.4. The van der Waals surface area contributed by atoms with Crippen LogP contribution in [-0.2, 0) is 6.54 Å². The van der Waals surface area contributed by atoms with Gasteiger partial charge in [0.05, 0.1) is 5.69 Å². The number of anilines is 2. The summed E-state index contributed by atoms with van der Waals surface area (Å²) in [5.41, 5.74) is 8.95. The summed E-state index contributed by atoms with van der Waals surface area (Å²) in [5, 5.41) is 0. The van der Waals surface area contributed by atoms with E-state index in [1.807, 2.05) is 6.07 Å². The van der Waals surface area contributed by atoms with Crippen LogP contribution in [0.4, 0.5) is 16.0 Å². The molecule has 0 atom stereocenters. The van der Waals surface area contributed by atoms with E-state index in [0.717, 1.165) is 61.9 Å². The number of nitrogens with zero attached hydrogens (tertiary/aromatic N) is 6. The average molecular weight is 448 g/mol. The molecule has 0 bridgehead atoms. The van der Waals surface area contributed by atoms with E-state index in [4.69, 9.17) is 17.1 Å². The Bertz CT molecular complexity index is 1170. The number of terminal acetylenes is 1. The highest BCUT2D eigenvalue weighted by Crippen LogP contribution is 2.33. The predicted molar refractivity (Wildman–Crippen MR) is 129 cm³/mol. The molecule has 33 heavy (non-hydrogen) atoms. The molecule has 0 radical (unpaired) electrons. The van der Waals surface area contributed by atoms with Crippen molar-refractivity contribution in [2.75, 3.05) is 44.4 Å². The van der Waals surface area contributed by atoms with Crippen LogP contribution in [0.2, 0.25) is 0 Å². The molecule has 0 spiro atoms. The average Bonchev–Trinajstić information content (AvgIpc) is 3.23. The molecule has 0 unspecified atom stereocenters. The number of hydrogen-bond acceptors (Lipinski definition) is 6. The van der Waals surface area contributed by atoms with E-state index < -0.39 is 0 Å². The number of rotatable bonds is 6. The van der Waals surface area contributed by atoms with E-state index in [-0.39, 0.29) is 5.82 Å². The van der Waals surface area contributed by atoms with Gasteiger partial charge in [-0.2, -0.15) is 0 Å². The van der Waals surface area contributed by atoms with Crippen molar-refractivity contribution in [2.45, 2.75) is 32.2 Å². The van der Waals surface area contributed by atoms with Gasteiger partial charge in [0.15, 0.2) is 0 Å². The van der Waals surface area contributed by atoms with Crippen molar-refractivity contribution in [3.05, 3.63) is 53.5 Å². The Balaban J connectivity index is 1.58. The molecule has 2 aromatic heterocycles. The Morgan fingerprint density at radius 3 is 2.67 bits per heavy atom. The Kier molecular flexibility index (Phi) is 6.61. The lowest BCUT2D eigenvalue weighted by Gasteiger charge is -2.33. The van der Waals surface area contributed by atoms with Crippen molar-refractivity contribution in [2.24, 2.45) is 0 Å². The molecular formula is C25H30FN7.